The van der Waals surface area contributed by atoms with Crippen molar-refractivity contribution in [3.8, 4) is 11.1 Å². The molecule has 41 heavy (non-hydrogen) atoms. The van der Waals surface area contributed by atoms with Gasteiger partial charge in [-0.3, -0.25) is 0 Å². The molecule has 4 rings (SSSR count). The largest absolute Gasteiger partial charge is 0.478 e. The average molecular weight is 568 g/mol. The maximum absolute atomic E-state index is 13.4. The van der Waals surface area contributed by atoms with Crippen LogP contribution in [0.4, 0.5) is 35.0 Å². The van der Waals surface area contributed by atoms with Crippen LogP contribution in [-0.2, 0) is 0 Å². The van der Waals surface area contributed by atoms with Crippen LogP contribution in [0, 0.1) is 12.8 Å². The summed E-state index contributed by atoms with van der Waals surface area (Å²) in [6.07, 6.45) is 0.361. The topological polar surface area (TPSA) is 81.7 Å². The lowest BCUT2D eigenvalue weighted by molar-refractivity contribution is -0.170. The summed E-state index contributed by atoms with van der Waals surface area (Å²) in [6.45, 7) is 3.31. The molecule has 0 saturated heterocycles. The fourth-order valence-corrected chi connectivity index (χ4v) is 5.29. The highest BCUT2D eigenvalue weighted by atomic mass is 19.4. The van der Waals surface area contributed by atoms with Crippen LogP contribution >= 0.6 is 0 Å². The first-order chi connectivity index (χ1) is 19.5. The molecule has 2 amide bonds. The minimum absolute atomic E-state index is 0.0297. The summed E-state index contributed by atoms with van der Waals surface area (Å²) >= 11 is 0. The number of hydrogen-bond acceptors (Lipinski definition) is 3. The Kier molecular flexibility index (Phi) is 9.57. The maximum atomic E-state index is 13.4. The van der Waals surface area contributed by atoms with E-state index in [1.54, 1.807) is 48.5 Å². The molecule has 1 unspecified atom stereocenters. The normalized spacial score (nSPS) is 14.8. The Labute approximate surface area is 238 Å². The number of anilines is 3. The number of carboxylic acids is 1. The Bertz CT molecular complexity index is 1350. The van der Waals surface area contributed by atoms with Crippen molar-refractivity contribution in [1.82, 2.24) is 0 Å². The number of carboxylic acid groups (broad SMARTS) is 1. The van der Waals surface area contributed by atoms with Gasteiger partial charge in [-0.05, 0) is 67.6 Å². The summed E-state index contributed by atoms with van der Waals surface area (Å²) in [5.41, 5.74) is 3.80. The monoisotopic (exact) mass is 567 g/mol. The van der Waals surface area contributed by atoms with Gasteiger partial charge in [0.15, 0.2) is 0 Å². The average Bonchev–Trinajstić information content (AvgIpc) is 2.95. The molecule has 3 aromatic rings. The molecule has 1 fully saturated rings. The minimum Gasteiger partial charge on any atom is -0.478 e. The molecule has 0 spiro atoms. The second-order valence-electron chi connectivity index (χ2n) is 10.7. The molecule has 1 aliphatic carbocycles. The van der Waals surface area contributed by atoms with Crippen LogP contribution in [0.15, 0.2) is 66.7 Å². The first-order valence-electron chi connectivity index (χ1n) is 14.0. The molecule has 0 aliphatic heterocycles. The summed E-state index contributed by atoms with van der Waals surface area (Å²) in [4.78, 5) is 27.1. The highest BCUT2D eigenvalue weighted by Gasteiger charge is 2.36. The molecule has 1 aliphatic rings. The van der Waals surface area contributed by atoms with Crippen molar-refractivity contribution < 1.29 is 27.9 Å². The van der Waals surface area contributed by atoms with Crippen LogP contribution in [0.1, 0.15) is 61.4 Å². The molecule has 0 aromatic heterocycles. The Morgan fingerprint density at radius 3 is 2.32 bits per heavy atom. The number of amides is 2. The smallest absolute Gasteiger partial charge is 0.391 e. The molecule has 0 radical (unpaired) electrons. The standard InChI is InChI=1S/C32H36F3N3O3/c1-21-12-15-24(16-13-21)36-31(41)37-28-20-23(26-10-6-7-11-27(26)30(39)40)14-17-29(28)38(25-8-4-3-5-9-25)19-18-22(2)32(33,34)35/h6-7,10-17,20,22,25H,3-5,8-9,18-19H2,1-2H3,(H,39,40)(H2,36,37,41). The van der Waals surface area contributed by atoms with E-state index in [1.807, 2.05) is 24.0 Å². The van der Waals surface area contributed by atoms with Crippen molar-refractivity contribution in [2.75, 3.05) is 22.1 Å². The molecule has 0 heterocycles. The van der Waals surface area contributed by atoms with E-state index < -0.39 is 24.1 Å². The summed E-state index contributed by atoms with van der Waals surface area (Å²) in [5, 5.41) is 15.5. The van der Waals surface area contributed by atoms with Crippen molar-refractivity contribution in [2.45, 2.75) is 64.6 Å². The number of carbonyl (C=O) groups excluding carboxylic acids is 1. The fourth-order valence-electron chi connectivity index (χ4n) is 5.29. The Balaban J connectivity index is 1.74. The van der Waals surface area contributed by atoms with Crippen LogP contribution < -0.4 is 15.5 Å². The Morgan fingerprint density at radius 2 is 1.66 bits per heavy atom. The molecular formula is C32H36F3N3O3. The van der Waals surface area contributed by atoms with Crippen molar-refractivity contribution in [2.24, 2.45) is 5.92 Å². The van der Waals surface area contributed by atoms with Gasteiger partial charge in [0, 0.05) is 18.3 Å². The first kappa shape index (κ1) is 30.0. The van der Waals surface area contributed by atoms with Crippen LogP contribution in [-0.4, -0.2) is 35.9 Å². The maximum Gasteiger partial charge on any atom is 0.391 e. The van der Waals surface area contributed by atoms with E-state index in [-0.39, 0.29) is 24.6 Å². The Hall–Kier alpha value is -4.01. The molecule has 1 saturated carbocycles. The number of aromatic carboxylic acids is 1. The van der Waals surface area contributed by atoms with Crippen LogP contribution in [0.2, 0.25) is 0 Å². The van der Waals surface area contributed by atoms with Crippen molar-refractivity contribution in [1.29, 1.82) is 0 Å². The van der Waals surface area contributed by atoms with Crippen LogP contribution in [0.3, 0.4) is 0 Å². The number of rotatable bonds is 9. The Morgan fingerprint density at radius 1 is 0.976 bits per heavy atom. The SMILES string of the molecule is Cc1ccc(NC(=O)Nc2cc(-c3ccccc3C(=O)O)ccc2N(CCC(C)C(F)(F)F)C2CCCCC2)cc1. The van der Waals surface area contributed by atoms with Gasteiger partial charge in [-0.25, -0.2) is 9.59 Å². The van der Waals surface area contributed by atoms with Gasteiger partial charge in [0.05, 0.1) is 22.9 Å². The predicted octanol–water partition coefficient (Wildman–Crippen LogP) is 8.73. The third-order valence-corrected chi connectivity index (χ3v) is 7.71. The van der Waals surface area contributed by atoms with Crippen LogP contribution in [0.5, 0.6) is 0 Å². The van der Waals surface area contributed by atoms with Crippen molar-refractivity contribution in [3.05, 3.63) is 77.9 Å². The highest BCUT2D eigenvalue weighted by Crippen LogP contribution is 2.38. The second-order valence-corrected chi connectivity index (χ2v) is 10.7. The van der Waals surface area contributed by atoms with Gasteiger partial charge in [-0.2, -0.15) is 13.2 Å². The van der Waals surface area contributed by atoms with Gasteiger partial charge in [0.25, 0.3) is 0 Å². The fraction of sp³-hybridized carbons (Fsp3) is 0.375. The number of urea groups is 1. The number of carbonyl (C=O) groups is 2. The van der Waals surface area contributed by atoms with Crippen molar-refractivity contribution in [3.63, 3.8) is 0 Å². The van der Waals surface area contributed by atoms with E-state index in [1.165, 1.54) is 13.0 Å². The number of aryl methyl sites for hydroxylation is 1. The third kappa shape index (κ3) is 7.80. The van der Waals surface area contributed by atoms with Crippen molar-refractivity contribution >= 4 is 29.1 Å². The second kappa shape index (κ2) is 13.1. The molecule has 6 nitrogen and oxygen atoms in total. The van der Waals surface area contributed by atoms with Gasteiger partial charge in [-0.1, -0.05) is 68.1 Å². The number of nitrogens with zero attached hydrogens (tertiary/aromatic N) is 1. The summed E-state index contributed by atoms with van der Waals surface area (Å²) in [7, 11) is 0. The predicted molar refractivity (Wildman–Crippen MR) is 157 cm³/mol. The summed E-state index contributed by atoms with van der Waals surface area (Å²) in [6, 6.07) is 18.7. The van der Waals surface area contributed by atoms with Crippen LogP contribution in [0.25, 0.3) is 11.1 Å². The highest BCUT2D eigenvalue weighted by molar-refractivity contribution is 6.03. The zero-order valence-electron chi connectivity index (χ0n) is 23.3. The molecule has 0 bridgehead atoms. The zero-order valence-corrected chi connectivity index (χ0v) is 23.3. The van der Waals surface area contributed by atoms with Gasteiger partial charge < -0.3 is 20.6 Å². The number of halogens is 3. The third-order valence-electron chi connectivity index (χ3n) is 7.71. The molecule has 3 N–H and O–H groups in total. The van der Waals surface area contributed by atoms with E-state index >= 15 is 0 Å². The molecule has 9 heteroatoms. The van der Waals surface area contributed by atoms with Gasteiger partial charge in [0.1, 0.15) is 0 Å². The molecular weight excluding hydrogens is 531 g/mol. The van der Waals surface area contributed by atoms with E-state index in [9.17, 15) is 27.9 Å². The van der Waals surface area contributed by atoms with E-state index in [0.29, 0.717) is 28.2 Å². The van der Waals surface area contributed by atoms with E-state index in [4.69, 9.17) is 0 Å². The van der Waals surface area contributed by atoms with Gasteiger partial charge >= 0.3 is 18.2 Å². The molecule has 3 aromatic carbocycles. The number of benzene rings is 3. The van der Waals surface area contributed by atoms with Gasteiger partial charge in [-0.15, -0.1) is 0 Å². The number of alkyl halides is 3. The van der Waals surface area contributed by atoms with E-state index in [0.717, 1.165) is 37.7 Å². The lowest BCUT2D eigenvalue weighted by atomic mass is 9.92. The summed E-state index contributed by atoms with van der Waals surface area (Å²) in [5.74, 6) is -2.56. The lowest BCUT2D eigenvalue weighted by Gasteiger charge is -2.38. The first-order valence-corrected chi connectivity index (χ1v) is 14.0. The van der Waals surface area contributed by atoms with Gasteiger partial charge in [0.2, 0.25) is 0 Å². The zero-order chi connectivity index (χ0) is 29.6. The molecule has 218 valence electrons. The summed E-state index contributed by atoms with van der Waals surface area (Å²) < 4.78 is 40.3. The minimum atomic E-state index is -4.29. The number of nitrogens with one attached hydrogen (secondary N) is 2. The quantitative estimate of drug-likeness (QED) is 0.242. The molecule has 1 atom stereocenters. The number of hydrogen-bond donors (Lipinski definition) is 3. The van der Waals surface area contributed by atoms with E-state index in [2.05, 4.69) is 10.6 Å². The lowest BCUT2D eigenvalue weighted by Crippen LogP contribution is -2.39.